The minimum absolute atomic E-state index is 0.0607. The van der Waals surface area contributed by atoms with Gasteiger partial charge in [0, 0.05) is 29.7 Å². The summed E-state index contributed by atoms with van der Waals surface area (Å²) in [7, 11) is -4.01. The van der Waals surface area contributed by atoms with E-state index in [0.717, 1.165) is 19.3 Å². The largest absolute Gasteiger partial charge is 0.486 e. The van der Waals surface area contributed by atoms with Gasteiger partial charge < -0.3 is 19.8 Å². The van der Waals surface area contributed by atoms with Crippen molar-refractivity contribution < 1.29 is 22.7 Å². The predicted octanol–water partition coefficient (Wildman–Crippen LogP) is 3.72. The number of pyridine rings is 1. The first-order chi connectivity index (χ1) is 17.4. The molecule has 2 aliphatic rings. The molecule has 0 saturated carbocycles. The van der Waals surface area contributed by atoms with Gasteiger partial charge in [-0.15, -0.1) is 0 Å². The number of benzene rings is 2. The quantitative estimate of drug-likeness (QED) is 0.417. The fraction of sp³-hybridized carbons (Fsp3) is 0.308. The second kappa shape index (κ2) is 10.1. The number of hydrogen-bond acceptors (Lipinski definition) is 6. The molecule has 36 heavy (non-hydrogen) atoms. The highest BCUT2D eigenvalue weighted by Gasteiger charge is 2.20. The molecule has 0 unspecified atom stereocenters. The molecule has 2 aromatic carbocycles. The van der Waals surface area contributed by atoms with Crippen LogP contribution >= 0.6 is 0 Å². The van der Waals surface area contributed by atoms with E-state index in [4.69, 9.17) is 9.47 Å². The summed E-state index contributed by atoms with van der Waals surface area (Å²) < 4.78 is 39.6. The fourth-order valence-corrected chi connectivity index (χ4v) is 5.49. The van der Waals surface area contributed by atoms with Crippen LogP contribution in [0.25, 0.3) is 10.9 Å². The summed E-state index contributed by atoms with van der Waals surface area (Å²) in [6.45, 7) is 1.25. The SMILES string of the molecule is O=C(NCCC1=CCCCC1)c1c[nH]c2ccc(S(=O)(=O)Nc3ccc4c(c3)OCCO4)cc2c1=O. The zero-order chi connectivity index (χ0) is 25.1. The second-order valence-corrected chi connectivity index (χ2v) is 10.5. The van der Waals surface area contributed by atoms with Gasteiger partial charge in [-0.3, -0.25) is 14.3 Å². The molecule has 1 aromatic heterocycles. The van der Waals surface area contributed by atoms with E-state index in [1.807, 2.05) is 0 Å². The number of amides is 1. The van der Waals surface area contributed by atoms with E-state index >= 15 is 0 Å². The number of anilines is 1. The molecule has 0 bridgehead atoms. The molecule has 9 nitrogen and oxygen atoms in total. The summed E-state index contributed by atoms with van der Waals surface area (Å²) >= 11 is 0. The lowest BCUT2D eigenvalue weighted by Gasteiger charge is -2.19. The minimum atomic E-state index is -4.01. The van der Waals surface area contributed by atoms with Gasteiger partial charge in [0.15, 0.2) is 11.5 Å². The molecule has 5 rings (SSSR count). The lowest BCUT2D eigenvalue weighted by Crippen LogP contribution is -2.30. The number of allylic oxidation sites excluding steroid dienone is 1. The molecule has 3 aromatic rings. The van der Waals surface area contributed by atoms with Crippen molar-refractivity contribution in [1.82, 2.24) is 10.3 Å². The second-order valence-electron chi connectivity index (χ2n) is 8.82. The molecule has 1 amide bonds. The Balaban J connectivity index is 1.35. The highest BCUT2D eigenvalue weighted by molar-refractivity contribution is 7.92. The van der Waals surface area contributed by atoms with Gasteiger partial charge in [-0.25, -0.2) is 8.42 Å². The van der Waals surface area contributed by atoms with Gasteiger partial charge in [0.25, 0.3) is 15.9 Å². The van der Waals surface area contributed by atoms with E-state index in [-0.39, 0.29) is 15.8 Å². The molecular weight excluding hydrogens is 482 g/mol. The van der Waals surface area contributed by atoms with Gasteiger partial charge in [-0.05, 0) is 62.4 Å². The van der Waals surface area contributed by atoms with Crippen LogP contribution in [0.4, 0.5) is 5.69 Å². The van der Waals surface area contributed by atoms with E-state index in [1.54, 1.807) is 18.2 Å². The zero-order valence-electron chi connectivity index (χ0n) is 19.6. The number of sulfonamides is 1. The van der Waals surface area contributed by atoms with Crippen molar-refractivity contribution in [3.63, 3.8) is 0 Å². The van der Waals surface area contributed by atoms with Crippen molar-refractivity contribution in [2.75, 3.05) is 24.5 Å². The molecule has 2 heterocycles. The Labute approximate surface area is 208 Å². The number of hydrogen-bond donors (Lipinski definition) is 3. The Hall–Kier alpha value is -3.79. The lowest BCUT2D eigenvalue weighted by molar-refractivity contribution is 0.0953. The molecule has 1 aliphatic heterocycles. The molecule has 0 saturated heterocycles. The first-order valence-electron chi connectivity index (χ1n) is 11.9. The van der Waals surface area contributed by atoms with Gasteiger partial charge >= 0.3 is 0 Å². The van der Waals surface area contributed by atoms with Gasteiger partial charge in [0.05, 0.1) is 10.6 Å². The Kier molecular flexibility index (Phi) is 6.69. The third-order valence-corrected chi connectivity index (χ3v) is 7.70. The van der Waals surface area contributed by atoms with Crippen LogP contribution in [-0.4, -0.2) is 39.1 Å². The fourth-order valence-electron chi connectivity index (χ4n) is 4.42. The maximum absolute atomic E-state index is 13.1. The Morgan fingerprint density at radius 1 is 1.03 bits per heavy atom. The highest BCUT2D eigenvalue weighted by Crippen LogP contribution is 2.33. The third-order valence-electron chi connectivity index (χ3n) is 6.32. The number of nitrogens with one attached hydrogen (secondary N) is 3. The van der Waals surface area contributed by atoms with Crippen LogP contribution in [-0.2, 0) is 10.0 Å². The predicted molar refractivity (Wildman–Crippen MR) is 136 cm³/mol. The molecule has 0 fully saturated rings. The number of aromatic amines is 1. The maximum Gasteiger partial charge on any atom is 0.261 e. The van der Waals surface area contributed by atoms with Crippen molar-refractivity contribution in [2.45, 2.75) is 37.0 Å². The molecule has 0 radical (unpaired) electrons. The Morgan fingerprint density at radius 3 is 2.67 bits per heavy atom. The normalized spacial score (nSPS) is 15.3. The van der Waals surface area contributed by atoms with Gasteiger partial charge in [0.2, 0.25) is 5.43 Å². The van der Waals surface area contributed by atoms with Crippen LogP contribution in [0.15, 0.2) is 63.9 Å². The van der Waals surface area contributed by atoms with Crippen molar-refractivity contribution in [2.24, 2.45) is 0 Å². The van der Waals surface area contributed by atoms with Crippen molar-refractivity contribution in [1.29, 1.82) is 0 Å². The minimum Gasteiger partial charge on any atom is -0.486 e. The summed E-state index contributed by atoms with van der Waals surface area (Å²) in [6.07, 6.45) is 8.82. The van der Waals surface area contributed by atoms with Crippen LogP contribution in [0.2, 0.25) is 0 Å². The molecule has 188 valence electrons. The summed E-state index contributed by atoms with van der Waals surface area (Å²) in [4.78, 5) is 28.6. The van der Waals surface area contributed by atoms with Crippen molar-refractivity contribution in [3.8, 4) is 11.5 Å². The smallest absolute Gasteiger partial charge is 0.261 e. The van der Waals surface area contributed by atoms with Crippen molar-refractivity contribution in [3.05, 3.63) is 70.0 Å². The number of H-pyrrole nitrogens is 1. The first-order valence-corrected chi connectivity index (χ1v) is 13.4. The third kappa shape index (κ3) is 5.08. The summed E-state index contributed by atoms with van der Waals surface area (Å²) in [6, 6.07) is 8.93. The van der Waals surface area contributed by atoms with E-state index in [2.05, 4.69) is 21.1 Å². The number of carbonyl (C=O) groups excluding carboxylic acids is 1. The monoisotopic (exact) mass is 509 g/mol. The van der Waals surface area contributed by atoms with Crippen LogP contribution in [0, 0.1) is 0 Å². The summed E-state index contributed by atoms with van der Waals surface area (Å²) in [5, 5.41) is 2.92. The van der Waals surface area contributed by atoms with Gasteiger partial charge in [-0.2, -0.15) is 0 Å². The average Bonchev–Trinajstić information content (AvgIpc) is 2.89. The van der Waals surface area contributed by atoms with E-state index in [9.17, 15) is 18.0 Å². The number of carbonyl (C=O) groups is 1. The standard InChI is InChI=1S/C26H27N3O6S/c30-25-20-15-19(36(32,33)29-18-6-9-23-24(14-18)35-13-12-34-23)7-8-22(20)28-16-21(25)26(31)27-11-10-17-4-2-1-3-5-17/h4,6-9,14-16,29H,1-3,5,10-13H2,(H,27,31)(H,28,30). The van der Waals surface area contributed by atoms with Crippen LogP contribution in [0.1, 0.15) is 42.5 Å². The van der Waals surface area contributed by atoms with Crippen LogP contribution < -0.4 is 24.9 Å². The summed E-state index contributed by atoms with van der Waals surface area (Å²) in [5.74, 6) is 0.506. The average molecular weight is 510 g/mol. The van der Waals surface area contributed by atoms with Gasteiger partial charge in [-0.1, -0.05) is 11.6 Å². The van der Waals surface area contributed by atoms with Crippen LogP contribution in [0.3, 0.4) is 0 Å². The molecule has 0 spiro atoms. The summed E-state index contributed by atoms with van der Waals surface area (Å²) in [5.41, 5.74) is 1.47. The molecule has 0 atom stereocenters. The molecular formula is C26H27N3O6S. The highest BCUT2D eigenvalue weighted by atomic mass is 32.2. The Bertz CT molecular complexity index is 1510. The topological polar surface area (TPSA) is 127 Å². The van der Waals surface area contributed by atoms with E-state index in [0.29, 0.717) is 42.5 Å². The number of aromatic nitrogens is 1. The zero-order valence-corrected chi connectivity index (χ0v) is 20.4. The van der Waals surface area contributed by atoms with E-state index < -0.39 is 21.4 Å². The lowest BCUT2D eigenvalue weighted by atomic mass is 9.97. The molecule has 10 heteroatoms. The molecule has 1 aliphatic carbocycles. The number of fused-ring (bicyclic) bond motifs is 2. The van der Waals surface area contributed by atoms with Gasteiger partial charge in [0.1, 0.15) is 18.8 Å². The van der Waals surface area contributed by atoms with E-state index in [1.165, 1.54) is 42.8 Å². The van der Waals surface area contributed by atoms with Crippen molar-refractivity contribution >= 4 is 32.5 Å². The van der Waals surface area contributed by atoms with Crippen LogP contribution in [0.5, 0.6) is 11.5 Å². The Morgan fingerprint density at radius 2 is 1.86 bits per heavy atom. The maximum atomic E-state index is 13.1. The molecule has 3 N–H and O–H groups in total. The first kappa shape index (κ1) is 23.9. The number of rotatable bonds is 7. The number of ether oxygens (including phenoxy) is 2.